The van der Waals surface area contributed by atoms with Crippen LogP contribution in [-0.2, 0) is 14.3 Å². The molecule has 5 rings (SSSR count). The first-order valence-corrected chi connectivity index (χ1v) is 11.8. The van der Waals surface area contributed by atoms with E-state index < -0.39 is 28.3 Å². The maximum atomic E-state index is 14.6. The number of allylic oxidation sites excluding steroid dienone is 2. The predicted octanol–water partition coefficient (Wildman–Crippen LogP) is 3.41. The minimum atomic E-state index is -1.79. The monoisotopic (exact) mass is 415 g/mol. The van der Waals surface area contributed by atoms with Gasteiger partial charge in [0.05, 0.1) is 11.6 Å². The van der Waals surface area contributed by atoms with Gasteiger partial charge in [-0.2, -0.15) is 0 Å². The predicted molar refractivity (Wildman–Crippen MR) is 113 cm³/mol. The minimum Gasteiger partial charge on any atom is -0.363 e. The highest BCUT2D eigenvalue weighted by atomic mass is 16.7. The average Bonchev–Trinajstić information content (AvgIpc) is 3.04. The van der Waals surface area contributed by atoms with Crippen molar-refractivity contribution in [1.82, 2.24) is 4.90 Å². The molecule has 3 aliphatic carbocycles. The van der Waals surface area contributed by atoms with E-state index in [9.17, 15) is 14.7 Å². The van der Waals surface area contributed by atoms with Crippen LogP contribution in [0.5, 0.6) is 0 Å². The van der Waals surface area contributed by atoms with Gasteiger partial charge in [-0.3, -0.25) is 9.59 Å². The molecule has 30 heavy (non-hydrogen) atoms. The largest absolute Gasteiger partial charge is 0.363 e. The van der Waals surface area contributed by atoms with Gasteiger partial charge in [0.2, 0.25) is 11.7 Å². The van der Waals surface area contributed by atoms with Gasteiger partial charge in [-0.15, -0.1) is 0 Å². The highest BCUT2D eigenvalue weighted by Crippen LogP contribution is 2.75. The number of ketones is 1. The molecule has 2 saturated carbocycles. The summed E-state index contributed by atoms with van der Waals surface area (Å²) in [5, 5.41) is 12.1. The number of likely N-dealkylation sites (tertiary alicyclic amines) is 1. The minimum absolute atomic E-state index is 0.0278. The summed E-state index contributed by atoms with van der Waals surface area (Å²) in [7, 11) is 1.73. The van der Waals surface area contributed by atoms with Gasteiger partial charge < -0.3 is 14.7 Å². The maximum Gasteiger partial charge on any atom is 0.242 e. The molecule has 1 spiro atoms. The van der Waals surface area contributed by atoms with Crippen molar-refractivity contribution in [2.45, 2.75) is 78.2 Å². The number of carbonyl (C=O) groups excluding carboxylic acids is 2. The summed E-state index contributed by atoms with van der Waals surface area (Å²) in [6.07, 6.45) is 7.75. The van der Waals surface area contributed by atoms with Gasteiger partial charge in [-0.1, -0.05) is 46.3 Å². The number of hydrogen-bond donors (Lipinski definition) is 1. The normalized spacial score (nSPS) is 53.7. The molecule has 0 aromatic carbocycles. The quantitative estimate of drug-likeness (QED) is 0.526. The van der Waals surface area contributed by atoms with Gasteiger partial charge in [0.25, 0.3) is 0 Å². The van der Waals surface area contributed by atoms with E-state index >= 15 is 0 Å². The topological polar surface area (TPSA) is 66.8 Å². The van der Waals surface area contributed by atoms with E-state index in [1.807, 2.05) is 27.7 Å². The molecule has 0 aromatic heterocycles. The molecule has 2 saturated heterocycles. The number of amides is 1. The molecular weight excluding hydrogens is 378 g/mol. The Morgan fingerprint density at radius 2 is 1.83 bits per heavy atom. The van der Waals surface area contributed by atoms with Crippen LogP contribution in [0, 0.1) is 46.3 Å². The van der Waals surface area contributed by atoms with Crippen LogP contribution in [0.3, 0.4) is 0 Å². The van der Waals surface area contributed by atoms with Gasteiger partial charge in [0.1, 0.15) is 0 Å². The van der Waals surface area contributed by atoms with Crippen LogP contribution in [0.1, 0.15) is 60.8 Å². The van der Waals surface area contributed by atoms with Gasteiger partial charge in [-0.05, 0) is 56.3 Å². The maximum absolute atomic E-state index is 14.6. The average molecular weight is 416 g/mol. The van der Waals surface area contributed by atoms with Crippen molar-refractivity contribution in [1.29, 1.82) is 0 Å². The molecule has 0 aromatic rings. The molecule has 5 nitrogen and oxygen atoms in total. The summed E-state index contributed by atoms with van der Waals surface area (Å²) in [6.45, 7) is 12.3. The second-order valence-corrected chi connectivity index (χ2v) is 12.0. The zero-order chi connectivity index (χ0) is 22.0. The third-order valence-electron chi connectivity index (χ3n) is 9.70. The fourth-order valence-electron chi connectivity index (χ4n) is 8.83. The number of fused-ring (bicyclic) bond motifs is 4. The van der Waals surface area contributed by atoms with Crippen LogP contribution in [0.25, 0.3) is 0 Å². The van der Waals surface area contributed by atoms with Crippen LogP contribution in [-0.4, -0.2) is 46.2 Å². The van der Waals surface area contributed by atoms with Gasteiger partial charge in [0, 0.05) is 18.4 Å². The van der Waals surface area contributed by atoms with Crippen molar-refractivity contribution in [2.75, 3.05) is 7.05 Å². The molecule has 4 fully saturated rings. The summed E-state index contributed by atoms with van der Waals surface area (Å²) in [6, 6.07) is -0.534. The van der Waals surface area contributed by atoms with Crippen molar-refractivity contribution >= 4 is 11.7 Å². The van der Waals surface area contributed by atoms with Crippen LogP contribution in [0.2, 0.25) is 0 Å². The number of likely N-dealkylation sites (N-methyl/N-ethyl adjacent to an activating group) is 1. The fourth-order valence-corrected chi connectivity index (χ4v) is 8.83. The number of rotatable bonds is 1. The molecule has 0 bridgehead atoms. The summed E-state index contributed by atoms with van der Waals surface area (Å²) >= 11 is 0. The van der Waals surface area contributed by atoms with Crippen molar-refractivity contribution in [2.24, 2.45) is 46.3 Å². The second kappa shape index (κ2) is 5.78. The van der Waals surface area contributed by atoms with Crippen molar-refractivity contribution in [3.05, 3.63) is 12.2 Å². The van der Waals surface area contributed by atoms with Crippen molar-refractivity contribution in [3.63, 3.8) is 0 Å². The Bertz CT molecular complexity index is 848. The van der Waals surface area contributed by atoms with Crippen molar-refractivity contribution < 1.29 is 19.4 Å². The lowest BCUT2D eigenvalue weighted by molar-refractivity contribution is -0.260. The molecule has 0 unspecified atom stereocenters. The molecule has 0 radical (unpaired) electrons. The highest BCUT2D eigenvalue weighted by molar-refractivity contribution is 6.14. The molecule has 1 N–H and O–H groups in total. The summed E-state index contributed by atoms with van der Waals surface area (Å²) < 4.78 is 6.39. The van der Waals surface area contributed by atoms with Crippen LogP contribution in [0.15, 0.2) is 12.2 Å². The molecule has 1 amide bonds. The lowest BCUT2D eigenvalue weighted by Gasteiger charge is -2.50. The summed E-state index contributed by atoms with van der Waals surface area (Å²) in [4.78, 5) is 30.1. The van der Waals surface area contributed by atoms with Gasteiger partial charge in [0.15, 0.2) is 11.2 Å². The SMILES string of the molecule is CC(C)[C@H]1N(C)C(=O)[C@]23C(=O)[C@@]4(C)[C@H](C=C[C@H]5C[C@@H](C)CC[C@@H]54)[C@H]2C(C)(C)O[C@]13O. The zero-order valence-electron chi connectivity index (χ0n) is 19.4. The van der Waals surface area contributed by atoms with E-state index in [1.54, 1.807) is 11.9 Å². The van der Waals surface area contributed by atoms with Crippen molar-refractivity contribution in [3.8, 4) is 0 Å². The number of ether oxygens (including phenoxy) is 1. The Hall–Kier alpha value is -1.20. The molecular formula is C25H37NO4. The van der Waals surface area contributed by atoms with E-state index in [1.165, 1.54) is 0 Å². The van der Waals surface area contributed by atoms with Crippen LogP contribution in [0.4, 0.5) is 0 Å². The first-order valence-electron chi connectivity index (χ1n) is 11.8. The molecule has 166 valence electrons. The summed E-state index contributed by atoms with van der Waals surface area (Å²) in [5.41, 5.74) is -2.92. The Morgan fingerprint density at radius 1 is 1.17 bits per heavy atom. The number of carbonyl (C=O) groups is 2. The molecule has 2 heterocycles. The summed E-state index contributed by atoms with van der Waals surface area (Å²) in [5.74, 6) is -1.31. The number of nitrogens with zero attached hydrogens (tertiary/aromatic N) is 1. The Balaban J connectivity index is 1.74. The molecule has 5 heteroatoms. The van der Waals surface area contributed by atoms with E-state index in [-0.39, 0.29) is 35.4 Å². The van der Waals surface area contributed by atoms with E-state index in [4.69, 9.17) is 4.74 Å². The fraction of sp³-hybridized carbons (Fsp3) is 0.840. The second-order valence-electron chi connectivity index (χ2n) is 12.0. The highest BCUT2D eigenvalue weighted by Gasteiger charge is 2.89. The van der Waals surface area contributed by atoms with E-state index in [2.05, 4.69) is 26.0 Å². The molecule has 5 aliphatic rings. The lowest BCUT2D eigenvalue weighted by Crippen LogP contribution is -2.58. The van der Waals surface area contributed by atoms with Crippen LogP contribution >= 0.6 is 0 Å². The molecule has 2 aliphatic heterocycles. The number of Topliss-reactive ketones (excluding diaryl/α,β-unsaturated/α-hetero) is 1. The Morgan fingerprint density at radius 3 is 2.47 bits per heavy atom. The van der Waals surface area contributed by atoms with E-state index in [0.29, 0.717) is 11.8 Å². The van der Waals surface area contributed by atoms with Gasteiger partial charge in [-0.25, -0.2) is 0 Å². The third kappa shape index (κ3) is 1.94. The smallest absolute Gasteiger partial charge is 0.242 e. The number of hydrogen-bond acceptors (Lipinski definition) is 4. The standard InChI is InChI=1S/C25H37NO4/c1-13(2)19-25(29)24(21(28)26(19)7)18(22(4,5)30-25)17-11-9-15-12-14(3)8-10-16(15)23(17,6)20(24)27/h9,11,13-19,29H,8,10,12H2,1-7H3/t14-,15-,16-,17+,18-,19+,23+,24+,25+/m0/s1. The molecule has 9 atom stereocenters. The Labute approximate surface area is 180 Å². The number of aliphatic hydroxyl groups is 1. The zero-order valence-corrected chi connectivity index (χ0v) is 19.4. The Kier molecular flexibility index (Phi) is 3.98. The lowest BCUT2D eigenvalue weighted by atomic mass is 9.54. The first kappa shape index (κ1) is 20.7. The third-order valence-corrected chi connectivity index (χ3v) is 9.70. The van der Waals surface area contributed by atoms with E-state index in [0.717, 1.165) is 19.3 Å². The van der Waals surface area contributed by atoms with Gasteiger partial charge >= 0.3 is 0 Å². The van der Waals surface area contributed by atoms with Crippen LogP contribution < -0.4 is 0 Å². The first-order chi connectivity index (χ1) is 13.8.